The van der Waals surface area contributed by atoms with E-state index in [1.165, 1.54) is 32.7 Å². The van der Waals surface area contributed by atoms with Gasteiger partial charge in [-0.3, -0.25) is 0 Å². The second-order valence-electron chi connectivity index (χ2n) is 9.70. The Morgan fingerprint density at radius 1 is 0.568 bits per heavy atom. The fraction of sp³-hybridized carbons (Fsp3) is 0.0294. The molecule has 0 fully saturated rings. The van der Waals surface area contributed by atoms with Crippen LogP contribution >= 0.6 is 7.14 Å². The normalized spacial score (nSPS) is 15.9. The molecule has 7 rings (SSSR count). The van der Waals surface area contributed by atoms with Crippen molar-refractivity contribution in [1.29, 1.82) is 5.26 Å². The van der Waals surface area contributed by atoms with Crippen molar-refractivity contribution in [3.05, 3.63) is 121 Å². The molecule has 0 radical (unpaired) electrons. The van der Waals surface area contributed by atoms with Crippen molar-refractivity contribution in [2.45, 2.75) is 0 Å². The van der Waals surface area contributed by atoms with Gasteiger partial charge in [-0.25, -0.2) is 0 Å². The molecule has 3 heteroatoms. The summed E-state index contributed by atoms with van der Waals surface area (Å²) >= 11 is 0. The van der Waals surface area contributed by atoms with E-state index in [4.69, 9.17) is 0 Å². The van der Waals surface area contributed by atoms with Crippen LogP contribution in [0, 0.1) is 11.3 Å². The Bertz CT molecular complexity index is 1920. The maximum atomic E-state index is 13.8. The van der Waals surface area contributed by atoms with Gasteiger partial charge in [0.2, 0.25) is 0 Å². The van der Waals surface area contributed by atoms with Crippen molar-refractivity contribution >= 4 is 39.3 Å². The van der Waals surface area contributed by atoms with E-state index in [2.05, 4.69) is 78.9 Å². The molecule has 6 aromatic rings. The number of rotatable bonds is 2. The Morgan fingerprint density at radius 3 is 1.65 bits per heavy atom. The zero-order chi connectivity index (χ0) is 25.1. The predicted octanol–water partition coefficient (Wildman–Crippen LogP) is 8.12. The maximum absolute atomic E-state index is 13.8. The zero-order valence-corrected chi connectivity index (χ0v) is 21.2. The Labute approximate surface area is 215 Å². The van der Waals surface area contributed by atoms with Gasteiger partial charge in [-0.15, -0.1) is 0 Å². The third kappa shape index (κ3) is 3.15. The van der Waals surface area contributed by atoms with Gasteiger partial charge in [0.05, 0.1) is 11.6 Å². The van der Waals surface area contributed by atoms with Crippen LogP contribution in [0.15, 0.2) is 115 Å². The Morgan fingerprint density at radius 2 is 1.05 bits per heavy atom. The second-order valence-corrected chi connectivity index (χ2v) is 12.5. The molecule has 1 unspecified atom stereocenters. The fourth-order valence-corrected chi connectivity index (χ4v) is 8.23. The number of benzene rings is 6. The molecule has 1 aliphatic heterocycles. The molecule has 0 N–H and O–H groups in total. The van der Waals surface area contributed by atoms with Crippen molar-refractivity contribution in [2.24, 2.45) is 0 Å². The maximum Gasteiger partial charge on any atom is 0.141 e. The summed E-state index contributed by atoms with van der Waals surface area (Å²) in [5, 5.41) is 15.9. The number of fused-ring (bicyclic) bond motifs is 5. The first kappa shape index (κ1) is 21.8. The molecular weight excluding hydrogens is 469 g/mol. The molecule has 6 aromatic carbocycles. The highest BCUT2D eigenvalue weighted by molar-refractivity contribution is 7.79. The molecular formula is C34H22NOP. The number of nitrogens with zero attached hydrogens (tertiary/aromatic N) is 1. The van der Waals surface area contributed by atoms with Crippen molar-refractivity contribution in [2.75, 3.05) is 6.66 Å². The van der Waals surface area contributed by atoms with Gasteiger partial charge in [0.25, 0.3) is 0 Å². The Hall–Kier alpha value is -4.44. The van der Waals surface area contributed by atoms with Crippen LogP contribution in [0.25, 0.3) is 54.9 Å². The molecule has 1 heterocycles. The standard InChI is InChI=1S/C34H22NOP/c1-37(36)31-13-7-6-8-25(31)30-20-24(18-19-32(30)37)34-28-11-4-2-9-26(28)33(27-10-3-5-12-29(27)34)23-16-14-22(21-35)15-17-23/h2-20H,1H3. The summed E-state index contributed by atoms with van der Waals surface area (Å²) in [6.07, 6.45) is 0. The smallest absolute Gasteiger partial charge is 0.141 e. The largest absolute Gasteiger partial charge is 0.314 e. The van der Waals surface area contributed by atoms with Crippen LogP contribution in [0.1, 0.15) is 5.56 Å². The summed E-state index contributed by atoms with van der Waals surface area (Å²) in [5.41, 5.74) is 7.37. The van der Waals surface area contributed by atoms with Crippen molar-refractivity contribution < 1.29 is 4.57 Å². The summed E-state index contributed by atoms with van der Waals surface area (Å²) < 4.78 is 13.8. The van der Waals surface area contributed by atoms with E-state index in [1.807, 2.05) is 49.1 Å². The van der Waals surface area contributed by atoms with Crippen LogP contribution in [-0.4, -0.2) is 6.66 Å². The molecule has 0 bridgehead atoms. The van der Waals surface area contributed by atoms with Crippen LogP contribution in [0.4, 0.5) is 0 Å². The molecule has 2 nitrogen and oxygen atoms in total. The van der Waals surface area contributed by atoms with Gasteiger partial charge in [-0.2, -0.15) is 5.26 Å². The first-order valence-electron chi connectivity index (χ1n) is 12.3. The van der Waals surface area contributed by atoms with Crippen LogP contribution in [-0.2, 0) is 4.57 Å². The zero-order valence-electron chi connectivity index (χ0n) is 20.3. The number of hydrogen-bond donors (Lipinski definition) is 0. The molecule has 1 aliphatic rings. The lowest BCUT2D eigenvalue weighted by atomic mass is 9.85. The van der Waals surface area contributed by atoms with Gasteiger partial charge >= 0.3 is 0 Å². The second kappa shape index (κ2) is 8.04. The summed E-state index contributed by atoms with van der Waals surface area (Å²) in [7, 11) is -2.61. The highest BCUT2D eigenvalue weighted by atomic mass is 31.2. The molecule has 0 aromatic heterocycles. The Kier molecular flexibility index (Phi) is 4.74. The molecule has 0 saturated carbocycles. The average molecular weight is 492 g/mol. The quantitative estimate of drug-likeness (QED) is 0.181. The summed E-state index contributed by atoms with van der Waals surface area (Å²) in [6.45, 7) is 1.88. The minimum Gasteiger partial charge on any atom is -0.314 e. The third-order valence-electron chi connectivity index (χ3n) is 7.63. The molecule has 174 valence electrons. The summed E-state index contributed by atoms with van der Waals surface area (Å²) in [6, 6.07) is 41.7. The van der Waals surface area contributed by atoms with Gasteiger partial charge in [0.1, 0.15) is 7.14 Å². The van der Waals surface area contributed by atoms with E-state index in [-0.39, 0.29) is 0 Å². The van der Waals surface area contributed by atoms with E-state index in [1.54, 1.807) is 0 Å². The van der Waals surface area contributed by atoms with Crippen LogP contribution in [0.3, 0.4) is 0 Å². The van der Waals surface area contributed by atoms with Gasteiger partial charge in [-0.1, -0.05) is 91.0 Å². The van der Waals surface area contributed by atoms with Crippen molar-refractivity contribution in [1.82, 2.24) is 0 Å². The molecule has 0 spiro atoms. The average Bonchev–Trinajstić information content (AvgIpc) is 3.18. The highest BCUT2D eigenvalue weighted by Gasteiger charge is 2.34. The lowest BCUT2D eigenvalue weighted by Gasteiger charge is -2.18. The first-order valence-corrected chi connectivity index (χ1v) is 14.5. The van der Waals surface area contributed by atoms with Gasteiger partial charge in [-0.05, 0) is 85.9 Å². The van der Waals surface area contributed by atoms with Gasteiger partial charge in [0, 0.05) is 10.6 Å². The predicted molar refractivity (Wildman–Crippen MR) is 155 cm³/mol. The Balaban J connectivity index is 1.56. The van der Waals surface area contributed by atoms with Crippen LogP contribution in [0.2, 0.25) is 0 Å². The van der Waals surface area contributed by atoms with Crippen molar-refractivity contribution in [3.8, 4) is 39.4 Å². The molecule has 0 aliphatic carbocycles. The molecule has 37 heavy (non-hydrogen) atoms. The minimum absolute atomic E-state index is 0.653. The minimum atomic E-state index is -2.61. The van der Waals surface area contributed by atoms with E-state index < -0.39 is 7.14 Å². The lowest BCUT2D eigenvalue weighted by molar-refractivity contribution is 0.591. The highest BCUT2D eigenvalue weighted by Crippen LogP contribution is 2.51. The van der Waals surface area contributed by atoms with Gasteiger partial charge < -0.3 is 4.57 Å². The third-order valence-corrected chi connectivity index (χ3v) is 10.3. The first-order chi connectivity index (χ1) is 18.1. The monoisotopic (exact) mass is 491 g/mol. The number of nitriles is 1. The van der Waals surface area contributed by atoms with Crippen LogP contribution < -0.4 is 10.6 Å². The molecule has 0 amide bonds. The molecule has 0 saturated heterocycles. The fourth-order valence-electron chi connectivity index (χ4n) is 5.94. The van der Waals surface area contributed by atoms with E-state index in [0.717, 1.165) is 32.9 Å². The van der Waals surface area contributed by atoms with Gasteiger partial charge in [0.15, 0.2) is 0 Å². The SMILES string of the molecule is CP1(=O)c2ccccc2-c2cc(-c3c4ccccc4c(-c4ccc(C#N)cc4)c4ccccc34)ccc21. The summed E-state index contributed by atoms with van der Waals surface area (Å²) in [4.78, 5) is 0. The van der Waals surface area contributed by atoms with Crippen LogP contribution in [0.5, 0.6) is 0 Å². The number of hydrogen-bond acceptors (Lipinski definition) is 2. The summed E-state index contributed by atoms with van der Waals surface area (Å²) in [5.74, 6) is 0. The van der Waals surface area contributed by atoms with E-state index in [9.17, 15) is 9.83 Å². The molecule has 1 atom stereocenters. The lowest BCUT2D eigenvalue weighted by Crippen LogP contribution is -2.07. The van der Waals surface area contributed by atoms with E-state index >= 15 is 0 Å². The van der Waals surface area contributed by atoms with E-state index in [0.29, 0.717) is 5.56 Å². The van der Waals surface area contributed by atoms with Crippen molar-refractivity contribution in [3.63, 3.8) is 0 Å². The topological polar surface area (TPSA) is 40.9 Å².